The van der Waals surface area contributed by atoms with Crippen LogP contribution in [0.25, 0.3) is 0 Å². The lowest BCUT2D eigenvalue weighted by Gasteiger charge is -2.15. The Kier molecular flexibility index (Phi) is 3.29. The molecule has 0 spiro atoms. The fourth-order valence-electron chi connectivity index (χ4n) is 2.59. The van der Waals surface area contributed by atoms with Gasteiger partial charge in [0.2, 0.25) is 11.8 Å². The Labute approximate surface area is 130 Å². The quantitative estimate of drug-likeness (QED) is 0.490. The molecule has 0 aliphatic carbocycles. The lowest BCUT2D eigenvalue weighted by molar-refractivity contribution is -0.145. The monoisotopic (exact) mass is 357 g/mol. The summed E-state index contributed by atoms with van der Waals surface area (Å²) in [4.78, 5) is 11.6. The zero-order valence-corrected chi connectivity index (χ0v) is 13.3. The number of nitrogens with zero attached hydrogens (tertiary/aromatic N) is 1. The van der Waals surface area contributed by atoms with E-state index < -0.39 is 10.3 Å². The molecule has 3 heterocycles. The molecule has 1 aromatic heterocycles. The average molecular weight is 358 g/mol. The van der Waals surface area contributed by atoms with Gasteiger partial charge in [0.1, 0.15) is 23.1 Å². The van der Waals surface area contributed by atoms with E-state index >= 15 is 0 Å². The normalized spacial score (nSPS) is 22.6. The van der Waals surface area contributed by atoms with Gasteiger partial charge in [0.25, 0.3) is 0 Å². The van der Waals surface area contributed by atoms with E-state index in [4.69, 9.17) is 9.47 Å². The van der Waals surface area contributed by atoms with Crippen molar-refractivity contribution in [2.45, 2.75) is 36.9 Å². The summed E-state index contributed by atoms with van der Waals surface area (Å²) in [7, 11) is 0. The fourth-order valence-corrected chi connectivity index (χ4v) is 2.70. The van der Waals surface area contributed by atoms with Crippen LogP contribution in [0.1, 0.15) is 37.2 Å². The van der Waals surface area contributed by atoms with Crippen molar-refractivity contribution in [3.05, 3.63) is 23.3 Å². The Morgan fingerprint density at radius 2 is 1.86 bits per heavy atom. The highest BCUT2D eigenvalue weighted by atomic mass is 79.9. The van der Waals surface area contributed by atoms with E-state index in [9.17, 15) is 15.0 Å². The highest BCUT2D eigenvalue weighted by Crippen LogP contribution is 2.54. The molecule has 0 fully saturated rings. The molecule has 0 radical (unpaired) electrons. The Morgan fingerprint density at radius 1 is 1.33 bits per heavy atom. The third kappa shape index (κ3) is 2.24. The van der Waals surface area contributed by atoms with Crippen molar-refractivity contribution in [3.8, 4) is 11.8 Å². The molecule has 3 rings (SSSR count). The lowest BCUT2D eigenvalue weighted by Crippen LogP contribution is -2.27. The number of alkyl halides is 1. The second-order valence-electron chi connectivity index (χ2n) is 5.60. The number of fused-ring (bicyclic) bond motifs is 5. The zero-order chi connectivity index (χ0) is 15.4. The van der Waals surface area contributed by atoms with Crippen molar-refractivity contribution < 1.29 is 24.5 Å². The largest absolute Gasteiger partial charge is 0.494 e. The van der Waals surface area contributed by atoms with Gasteiger partial charge in [-0.25, -0.2) is 0 Å². The van der Waals surface area contributed by atoms with Gasteiger partial charge in [-0.15, -0.1) is 0 Å². The molecule has 2 aliphatic rings. The summed E-state index contributed by atoms with van der Waals surface area (Å²) in [6.07, 6.45) is 3.09. The lowest BCUT2D eigenvalue weighted by atomic mass is 10.0. The average Bonchev–Trinajstić information content (AvgIpc) is 3.06. The van der Waals surface area contributed by atoms with Crippen LogP contribution in [0.15, 0.2) is 12.2 Å². The minimum absolute atomic E-state index is 0.0338. The van der Waals surface area contributed by atoms with E-state index in [1.165, 1.54) is 4.57 Å². The maximum Gasteiger partial charge on any atom is 0.322 e. The minimum Gasteiger partial charge on any atom is -0.494 e. The van der Waals surface area contributed by atoms with Crippen molar-refractivity contribution in [3.63, 3.8) is 0 Å². The SMILES string of the molecule is CC(C)(Br)C(=O)OCCn1c(O)c2c(c1O)[C@H]1C=C[C@@H]2O1. The molecule has 6 nitrogen and oxygen atoms in total. The van der Waals surface area contributed by atoms with E-state index in [2.05, 4.69) is 15.9 Å². The van der Waals surface area contributed by atoms with E-state index in [1.54, 1.807) is 13.8 Å². The molecule has 1 aromatic rings. The molecule has 2 bridgehead atoms. The molecule has 0 amide bonds. The molecular weight excluding hydrogens is 342 g/mol. The molecule has 21 heavy (non-hydrogen) atoms. The Morgan fingerprint density at radius 3 is 2.33 bits per heavy atom. The van der Waals surface area contributed by atoms with Crippen LogP contribution < -0.4 is 0 Å². The van der Waals surface area contributed by atoms with Crippen LogP contribution in [0.5, 0.6) is 11.8 Å². The molecule has 2 aliphatic heterocycles. The topological polar surface area (TPSA) is 80.9 Å². The summed E-state index contributed by atoms with van der Waals surface area (Å²) in [5, 5.41) is 20.4. The van der Waals surface area contributed by atoms with Crippen LogP contribution in [0.4, 0.5) is 0 Å². The van der Waals surface area contributed by atoms with Crippen LogP contribution >= 0.6 is 15.9 Å². The third-order valence-corrected chi connectivity index (χ3v) is 3.96. The summed E-state index contributed by atoms with van der Waals surface area (Å²) in [5.74, 6) is -0.465. The highest BCUT2D eigenvalue weighted by molar-refractivity contribution is 9.10. The number of hydrogen-bond donors (Lipinski definition) is 2. The summed E-state index contributed by atoms with van der Waals surface area (Å²) in [6.45, 7) is 3.62. The number of aromatic hydroxyl groups is 2. The molecule has 0 saturated heterocycles. The Bertz CT molecular complexity index is 593. The molecule has 0 aromatic carbocycles. The van der Waals surface area contributed by atoms with Crippen LogP contribution in [-0.2, 0) is 20.8 Å². The van der Waals surface area contributed by atoms with Crippen LogP contribution in [0, 0.1) is 0 Å². The van der Waals surface area contributed by atoms with Gasteiger partial charge in [0, 0.05) is 0 Å². The predicted octanol–water partition coefficient (Wildman–Crippen LogP) is 2.30. The number of ether oxygens (including phenoxy) is 2. The van der Waals surface area contributed by atoms with Crippen LogP contribution in [0.3, 0.4) is 0 Å². The van der Waals surface area contributed by atoms with Gasteiger partial charge in [-0.1, -0.05) is 28.1 Å². The van der Waals surface area contributed by atoms with Gasteiger partial charge in [-0.3, -0.25) is 9.36 Å². The number of esters is 1. The number of rotatable bonds is 4. The van der Waals surface area contributed by atoms with Crippen molar-refractivity contribution in [1.82, 2.24) is 4.57 Å². The van der Waals surface area contributed by atoms with Gasteiger partial charge < -0.3 is 19.7 Å². The zero-order valence-electron chi connectivity index (χ0n) is 11.7. The molecule has 0 saturated carbocycles. The number of hydrogen-bond acceptors (Lipinski definition) is 5. The summed E-state index contributed by atoms with van der Waals surface area (Å²) in [6, 6.07) is 0. The van der Waals surface area contributed by atoms with Gasteiger partial charge >= 0.3 is 5.97 Å². The van der Waals surface area contributed by atoms with Gasteiger partial charge in [0.05, 0.1) is 17.7 Å². The summed E-state index contributed by atoms with van der Waals surface area (Å²) in [5.41, 5.74) is 1.21. The van der Waals surface area contributed by atoms with Gasteiger partial charge in [-0.05, 0) is 13.8 Å². The number of carbonyl (C=O) groups excluding carboxylic acids is 1. The maximum absolute atomic E-state index is 11.6. The van der Waals surface area contributed by atoms with E-state index in [1.807, 2.05) is 12.2 Å². The molecule has 7 heteroatoms. The molecule has 0 unspecified atom stereocenters. The number of carbonyl (C=O) groups is 1. The Hall–Kier alpha value is -1.47. The first-order chi connectivity index (χ1) is 9.80. The maximum atomic E-state index is 11.6. The first-order valence-electron chi connectivity index (χ1n) is 6.65. The first kappa shape index (κ1) is 14.5. The summed E-state index contributed by atoms with van der Waals surface area (Å²) < 4.78 is 11.2. The van der Waals surface area contributed by atoms with Crippen molar-refractivity contribution in [1.29, 1.82) is 0 Å². The van der Waals surface area contributed by atoms with Gasteiger partial charge in [-0.2, -0.15) is 0 Å². The third-order valence-electron chi connectivity index (χ3n) is 3.64. The molecule has 114 valence electrons. The minimum atomic E-state index is -0.758. The molecule has 2 N–H and O–H groups in total. The van der Waals surface area contributed by atoms with Crippen LogP contribution in [-0.4, -0.2) is 31.7 Å². The van der Waals surface area contributed by atoms with Gasteiger partial charge in [0.15, 0.2) is 0 Å². The van der Waals surface area contributed by atoms with Crippen molar-refractivity contribution >= 4 is 21.9 Å². The molecule has 2 atom stereocenters. The van der Waals surface area contributed by atoms with Crippen molar-refractivity contribution in [2.24, 2.45) is 0 Å². The standard InChI is InChI=1S/C14H16BrNO5/c1-14(2,15)13(19)20-6-5-16-11(17)9-7-3-4-8(21-7)10(9)12(16)18/h3-4,7-8,17-18H,5-6H2,1-2H3/t7-,8+. The van der Waals surface area contributed by atoms with E-state index in [0.29, 0.717) is 11.1 Å². The first-order valence-corrected chi connectivity index (χ1v) is 7.44. The van der Waals surface area contributed by atoms with E-state index in [0.717, 1.165) is 0 Å². The smallest absolute Gasteiger partial charge is 0.322 e. The van der Waals surface area contributed by atoms with Crippen molar-refractivity contribution in [2.75, 3.05) is 6.61 Å². The summed E-state index contributed by atoms with van der Waals surface area (Å²) >= 11 is 3.21. The Balaban J connectivity index is 1.73. The molecular formula is C14H16BrNO5. The predicted molar refractivity (Wildman–Crippen MR) is 77.4 cm³/mol. The highest BCUT2D eigenvalue weighted by Gasteiger charge is 2.42. The number of halogens is 1. The second-order valence-corrected chi connectivity index (χ2v) is 7.58. The second kappa shape index (κ2) is 4.78. The van der Waals surface area contributed by atoms with E-state index in [-0.39, 0.29) is 37.1 Å². The number of aromatic nitrogens is 1. The van der Waals surface area contributed by atoms with Crippen LogP contribution in [0.2, 0.25) is 0 Å². The fraction of sp³-hybridized carbons (Fsp3) is 0.500.